The molecule has 0 fully saturated rings. The molecule has 3 aromatic rings. The first-order chi connectivity index (χ1) is 19.8. The van der Waals surface area contributed by atoms with Gasteiger partial charge in [0.2, 0.25) is 5.67 Å². The Labute approximate surface area is 243 Å². The lowest BCUT2D eigenvalue weighted by Gasteiger charge is -2.18. The number of benzene rings is 2. The number of nitrogens with zero attached hydrogens (tertiary/aromatic N) is 2. The van der Waals surface area contributed by atoms with Gasteiger partial charge in [0.25, 0.3) is 0 Å². The fourth-order valence-corrected chi connectivity index (χ4v) is 4.49. The molecule has 0 amide bonds. The van der Waals surface area contributed by atoms with Crippen LogP contribution in [0, 0.1) is 0 Å². The Bertz CT molecular complexity index is 1160. The van der Waals surface area contributed by atoms with Crippen LogP contribution in [-0.2, 0) is 4.79 Å². The largest absolute Gasteiger partial charge is 0.494 e. The molecule has 0 saturated heterocycles. The van der Waals surface area contributed by atoms with Gasteiger partial charge in [-0.1, -0.05) is 64.0 Å². The Balaban J connectivity index is 1.45. The van der Waals surface area contributed by atoms with Crippen LogP contribution in [0.3, 0.4) is 0 Å². The van der Waals surface area contributed by atoms with Crippen molar-refractivity contribution >= 4 is 5.97 Å². The van der Waals surface area contributed by atoms with Gasteiger partial charge < -0.3 is 9.47 Å². The molecule has 222 valence electrons. The zero-order chi connectivity index (χ0) is 29.5. The van der Waals surface area contributed by atoms with Crippen LogP contribution in [0.1, 0.15) is 91.4 Å². The van der Waals surface area contributed by atoms with Crippen molar-refractivity contribution < 1.29 is 23.0 Å². The molecule has 0 N–H and O–H groups in total. The third kappa shape index (κ3) is 11.2. The number of hydrogen-bond donors (Lipinski definition) is 0. The van der Waals surface area contributed by atoms with Crippen LogP contribution in [-0.4, -0.2) is 34.4 Å². The van der Waals surface area contributed by atoms with Gasteiger partial charge in [0.1, 0.15) is 11.5 Å². The minimum atomic E-state index is -2.00. The van der Waals surface area contributed by atoms with E-state index < -0.39 is 17.8 Å². The number of halogens is 2. The zero-order valence-corrected chi connectivity index (χ0v) is 24.7. The van der Waals surface area contributed by atoms with E-state index >= 15 is 0 Å². The molecule has 0 aliphatic heterocycles. The summed E-state index contributed by atoms with van der Waals surface area (Å²) >= 11 is 0. The Morgan fingerprint density at radius 1 is 0.805 bits per heavy atom. The highest BCUT2D eigenvalue weighted by molar-refractivity contribution is 5.81. The second-order valence-electron chi connectivity index (χ2n) is 10.9. The summed E-state index contributed by atoms with van der Waals surface area (Å²) in [7, 11) is 0. The van der Waals surface area contributed by atoms with E-state index in [1.807, 2.05) is 24.3 Å². The van der Waals surface area contributed by atoms with Crippen molar-refractivity contribution in [2.75, 3.05) is 6.61 Å². The second kappa shape index (κ2) is 16.8. The van der Waals surface area contributed by atoms with E-state index in [0.29, 0.717) is 31.0 Å². The van der Waals surface area contributed by atoms with Gasteiger partial charge in [-0.25, -0.2) is 23.5 Å². The van der Waals surface area contributed by atoms with Gasteiger partial charge in [-0.05, 0) is 81.5 Å². The number of carbonyl (C=O) groups excluding carboxylic acids is 1. The van der Waals surface area contributed by atoms with E-state index in [9.17, 15) is 13.6 Å². The first-order valence-corrected chi connectivity index (χ1v) is 15.0. The fraction of sp³-hybridized carbons (Fsp3) is 0.500. The molecule has 41 heavy (non-hydrogen) atoms. The number of aromatic nitrogens is 2. The van der Waals surface area contributed by atoms with Crippen LogP contribution in [0.25, 0.3) is 22.5 Å². The molecule has 0 aliphatic rings. The maximum absolute atomic E-state index is 14.8. The van der Waals surface area contributed by atoms with Gasteiger partial charge in [-0.3, -0.25) is 0 Å². The Hall–Kier alpha value is -3.35. The average molecular weight is 567 g/mol. The molecule has 3 rings (SSSR count). The lowest BCUT2D eigenvalue weighted by molar-refractivity contribution is -0.147. The molecule has 0 radical (unpaired) electrons. The van der Waals surface area contributed by atoms with Gasteiger partial charge in [0.05, 0.1) is 12.8 Å². The lowest BCUT2D eigenvalue weighted by Crippen LogP contribution is -2.34. The summed E-state index contributed by atoms with van der Waals surface area (Å²) < 4.78 is 38.7. The molecule has 2 aromatic carbocycles. The maximum Gasteiger partial charge on any atom is 0.348 e. The highest BCUT2D eigenvalue weighted by Crippen LogP contribution is 2.27. The molecule has 7 heteroatoms. The number of esters is 1. The summed E-state index contributed by atoms with van der Waals surface area (Å²) in [5.74, 6) is 0.859. The van der Waals surface area contributed by atoms with Crippen molar-refractivity contribution in [3.05, 3.63) is 60.9 Å². The smallest absolute Gasteiger partial charge is 0.348 e. The minimum absolute atomic E-state index is 0.160. The average Bonchev–Trinajstić information content (AvgIpc) is 2.97. The Morgan fingerprint density at radius 3 is 2.05 bits per heavy atom. The number of hydrogen-bond acceptors (Lipinski definition) is 5. The summed E-state index contributed by atoms with van der Waals surface area (Å²) in [6.07, 6.45) is 12.5. The van der Waals surface area contributed by atoms with Gasteiger partial charge >= 0.3 is 5.97 Å². The van der Waals surface area contributed by atoms with Crippen molar-refractivity contribution in [2.24, 2.45) is 0 Å². The van der Waals surface area contributed by atoms with Gasteiger partial charge in [0.15, 0.2) is 5.82 Å². The van der Waals surface area contributed by atoms with Crippen molar-refractivity contribution in [2.45, 2.75) is 103 Å². The molecule has 0 unspecified atom stereocenters. The van der Waals surface area contributed by atoms with Crippen LogP contribution in [0.2, 0.25) is 0 Å². The molecule has 1 heterocycles. The van der Waals surface area contributed by atoms with Crippen molar-refractivity contribution in [1.82, 2.24) is 9.97 Å². The molecule has 1 aromatic heterocycles. The highest BCUT2D eigenvalue weighted by atomic mass is 19.1. The van der Waals surface area contributed by atoms with Gasteiger partial charge in [-0.15, -0.1) is 0 Å². The van der Waals surface area contributed by atoms with E-state index in [1.165, 1.54) is 6.92 Å². The standard InChI is InChI=1S/C34H44F2N2O3/c1-4-5-6-11-22-34(3,36)33(39)41-31-20-14-27(15-21-31)29-24-37-32(38-25-29)28-16-18-30(19-17-28)40-23-12-9-7-8-10-13-26(2)35/h14-21,24-26H,4-13,22-23H2,1-3H3/t26-,34-/m0/s1. The van der Waals surface area contributed by atoms with E-state index in [-0.39, 0.29) is 6.42 Å². The van der Waals surface area contributed by atoms with Crippen LogP contribution < -0.4 is 9.47 Å². The van der Waals surface area contributed by atoms with E-state index in [0.717, 1.165) is 73.8 Å². The molecular formula is C34H44F2N2O3. The monoisotopic (exact) mass is 566 g/mol. The van der Waals surface area contributed by atoms with Gasteiger partial charge in [0, 0.05) is 23.5 Å². The number of rotatable bonds is 18. The van der Waals surface area contributed by atoms with E-state index in [2.05, 4.69) is 16.9 Å². The summed E-state index contributed by atoms with van der Waals surface area (Å²) in [5.41, 5.74) is 0.561. The lowest BCUT2D eigenvalue weighted by atomic mass is 10.00. The van der Waals surface area contributed by atoms with Crippen LogP contribution in [0.4, 0.5) is 8.78 Å². The summed E-state index contributed by atoms with van der Waals surface area (Å²) in [5, 5.41) is 0. The quantitative estimate of drug-likeness (QED) is 0.0872. The summed E-state index contributed by atoms with van der Waals surface area (Å²) in [4.78, 5) is 21.4. The predicted octanol–water partition coefficient (Wildman–Crippen LogP) is 9.49. The zero-order valence-electron chi connectivity index (χ0n) is 24.7. The third-order valence-electron chi connectivity index (χ3n) is 7.10. The van der Waals surface area contributed by atoms with Crippen molar-refractivity contribution in [3.63, 3.8) is 0 Å². The molecular weight excluding hydrogens is 522 g/mol. The van der Waals surface area contributed by atoms with Gasteiger partial charge in [-0.2, -0.15) is 0 Å². The molecule has 0 spiro atoms. The first kappa shape index (κ1) is 32.2. The fourth-order valence-electron chi connectivity index (χ4n) is 4.49. The summed E-state index contributed by atoms with van der Waals surface area (Å²) in [6.45, 7) is 5.66. The topological polar surface area (TPSA) is 61.3 Å². The van der Waals surface area contributed by atoms with Crippen molar-refractivity contribution in [3.8, 4) is 34.0 Å². The highest BCUT2D eigenvalue weighted by Gasteiger charge is 2.34. The molecule has 5 nitrogen and oxygen atoms in total. The number of carbonyl (C=O) groups is 1. The Morgan fingerprint density at radius 2 is 1.39 bits per heavy atom. The van der Waals surface area contributed by atoms with Crippen molar-refractivity contribution in [1.29, 1.82) is 0 Å². The molecule has 0 bridgehead atoms. The first-order valence-electron chi connectivity index (χ1n) is 15.0. The SMILES string of the molecule is CCCCCC[C@](C)(F)C(=O)Oc1ccc(-c2cnc(-c3ccc(OCCCCCCC[C@H](C)F)cc3)nc2)cc1. The predicted molar refractivity (Wildman–Crippen MR) is 161 cm³/mol. The Kier molecular flexibility index (Phi) is 13.2. The molecule has 0 aliphatic carbocycles. The number of unbranched alkanes of at least 4 members (excludes halogenated alkanes) is 7. The maximum atomic E-state index is 14.8. The normalized spacial score (nSPS) is 13.4. The number of alkyl halides is 2. The second-order valence-corrected chi connectivity index (χ2v) is 10.9. The third-order valence-corrected chi connectivity index (χ3v) is 7.10. The number of ether oxygens (including phenoxy) is 2. The molecule has 2 atom stereocenters. The van der Waals surface area contributed by atoms with Crippen LogP contribution >= 0.6 is 0 Å². The molecule has 0 saturated carbocycles. The minimum Gasteiger partial charge on any atom is -0.494 e. The van der Waals surface area contributed by atoms with Crippen LogP contribution in [0.15, 0.2) is 60.9 Å². The van der Waals surface area contributed by atoms with E-state index in [4.69, 9.17) is 9.47 Å². The summed E-state index contributed by atoms with van der Waals surface area (Å²) in [6, 6.07) is 14.6. The van der Waals surface area contributed by atoms with Crippen LogP contribution in [0.5, 0.6) is 11.5 Å². The van der Waals surface area contributed by atoms with E-state index in [1.54, 1.807) is 43.6 Å².